The Bertz CT molecular complexity index is 1480. The Kier molecular flexibility index (Phi) is 15.7. The molecule has 4 aromatic carbocycles. The molecule has 6 rings (SSSR count). The summed E-state index contributed by atoms with van der Waals surface area (Å²) in [6.07, 6.45) is 5.04. The molecule has 0 aromatic heterocycles. The van der Waals surface area contributed by atoms with Gasteiger partial charge in [0.05, 0.1) is 0 Å². The minimum atomic E-state index is 0. The van der Waals surface area contributed by atoms with Crippen molar-refractivity contribution >= 4 is 0 Å². The molecule has 2 aliphatic rings. The van der Waals surface area contributed by atoms with Crippen LogP contribution in [0.4, 0.5) is 0 Å². The third-order valence-electron chi connectivity index (χ3n) is 10.4. The van der Waals surface area contributed by atoms with Crippen LogP contribution in [0.2, 0.25) is 0 Å². The van der Waals surface area contributed by atoms with Gasteiger partial charge in [0.15, 0.2) is 0 Å². The highest BCUT2D eigenvalue weighted by atomic mass is 14.5. The highest BCUT2D eigenvalue weighted by Crippen LogP contribution is 2.56. The van der Waals surface area contributed by atoms with E-state index < -0.39 is 0 Å². The van der Waals surface area contributed by atoms with E-state index in [1.807, 2.05) is 0 Å². The Morgan fingerprint density at radius 2 is 0.702 bits per heavy atom. The zero-order valence-electron chi connectivity index (χ0n) is 27.9. The van der Waals surface area contributed by atoms with E-state index in [2.05, 4.69) is 142 Å². The van der Waals surface area contributed by atoms with E-state index in [-0.39, 0.29) is 48.0 Å². The van der Waals surface area contributed by atoms with Crippen LogP contribution in [0.1, 0.15) is 149 Å². The van der Waals surface area contributed by atoms with Gasteiger partial charge in [-0.05, 0) is 96.9 Å². The van der Waals surface area contributed by atoms with Gasteiger partial charge in [-0.3, -0.25) is 0 Å². The molecule has 4 aromatic rings. The highest BCUT2D eigenvalue weighted by molar-refractivity contribution is 5.82. The molecule has 0 fully saturated rings. The van der Waals surface area contributed by atoms with Gasteiger partial charge in [0.25, 0.3) is 0 Å². The Morgan fingerprint density at radius 1 is 0.447 bits per heavy atom. The lowest BCUT2D eigenvalue weighted by atomic mass is 9.66. The standard InChI is InChI=1S/C25H34.C17H18.5CH4/c1-7-17(3)15-25(16-18(4)8-2)23-13-19(5)9-11-21(23)22-12-10-20(6)14-24(22)25;1-11-5-7-13-14-8-6-12(2)10-16(14)17(3,4)15(13)9-11;;;;;/h9-14,17-18H,7-8,15-16H2,1-6H3;5-10H,1-4H3;5*1H4. The van der Waals surface area contributed by atoms with Crippen LogP contribution >= 0.6 is 0 Å². The molecule has 260 valence electrons. The summed E-state index contributed by atoms with van der Waals surface area (Å²) in [5, 5.41) is 0. The van der Waals surface area contributed by atoms with Crippen molar-refractivity contribution < 1.29 is 0 Å². The van der Waals surface area contributed by atoms with Crippen molar-refractivity contribution in [2.75, 3.05) is 0 Å². The van der Waals surface area contributed by atoms with E-state index in [4.69, 9.17) is 0 Å². The third-order valence-corrected chi connectivity index (χ3v) is 10.4. The zero-order valence-corrected chi connectivity index (χ0v) is 27.9. The zero-order chi connectivity index (χ0) is 30.4. The van der Waals surface area contributed by atoms with Crippen LogP contribution in [0.5, 0.6) is 0 Å². The summed E-state index contributed by atoms with van der Waals surface area (Å²) in [7, 11) is 0. The van der Waals surface area contributed by atoms with Gasteiger partial charge in [-0.2, -0.15) is 0 Å². The van der Waals surface area contributed by atoms with Gasteiger partial charge in [-0.15, -0.1) is 0 Å². The fourth-order valence-electron chi connectivity index (χ4n) is 7.69. The average molecular weight is 637 g/mol. The number of rotatable bonds is 6. The molecule has 0 nitrogen and oxygen atoms in total. The monoisotopic (exact) mass is 637 g/mol. The minimum Gasteiger partial charge on any atom is -0.0776 e. The first-order valence-corrected chi connectivity index (χ1v) is 16.4. The number of fused-ring (bicyclic) bond motifs is 6. The minimum absolute atomic E-state index is 0. The van der Waals surface area contributed by atoms with Crippen LogP contribution < -0.4 is 0 Å². The van der Waals surface area contributed by atoms with Gasteiger partial charge < -0.3 is 0 Å². The SMILES string of the molecule is C.C.C.C.C.CCC(C)CC1(CC(C)CC)c2cc(C)ccc2-c2ccc(C)cc21.Cc1ccc2c(c1)C(C)(C)c1cc(C)ccc1-2. The largest absolute Gasteiger partial charge is 0.0776 e. The molecule has 0 saturated heterocycles. The topological polar surface area (TPSA) is 0 Å². The Labute approximate surface area is 293 Å². The maximum atomic E-state index is 2.48. The molecule has 47 heavy (non-hydrogen) atoms. The normalized spacial score (nSPS) is 14.7. The summed E-state index contributed by atoms with van der Waals surface area (Å²) in [6, 6.07) is 27.9. The van der Waals surface area contributed by atoms with Gasteiger partial charge >= 0.3 is 0 Å². The molecule has 0 N–H and O–H groups in total. The molecule has 2 aliphatic carbocycles. The third kappa shape index (κ3) is 7.96. The van der Waals surface area contributed by atoms with Gasteiger partial charge in [-0.25, -0.2) is 0 Å². The van der Waals surface area contributed by atoms with E-state index in [9.17, 15) is 0 Å². The first-order valence-electron chi connectivity index (χ1n) is 16.4. The molecular formula is C47H72. The van der Waals surface area contributed by atoms with Crippen LogP contribution in [0.3, 0.4) is 0 Å². The van der Waals surface area contributed by atoms with Crippen LogP contribution in [0, 0.1) is 39.5 Å². The van der Waals surface area contributed by atoms with Crippen molar-refractivity contribution in [2.45, 2.75) is 143 Å². The summed E-state index contributed by atoms with van der Waals surface area (Å²) in [6.45, 7) is 23.0. The molecular weight excluding hydrogens is 565 g/mol. The lowest BCUT2D eigenvalue weighted by Gasteiger charge is -2.37. The van der Waals surface area contributed by atoms with Crippen molar-refractivity contribution in [3.63, 3.8) is 0 Å². The van der Waals surface area contributed by atoms with E-state index >= 15 is 0 Å². The summed E-state index contributed by atoms with van der Waals surface area (Å²) in [5.41, 5.74) is 17.7. The van der Waals surface area contributed by atoms with Crippen molar-refractivity contribution in [2.24, 2.45) is 11.8 Å². The summed E-state index contributed by atoms with van der Waals surface area (Å²) in [4.78, 5) is 0. The summed E-state index contributed by atoms with van der Waals surface area (Å²) >= 11 is 0. The average Bonchev–Trinajstić information content (AvgIpc) is 3.33. The molecule has 0 bridgehead atoms. The van der Waals surface area contributed by atoms with Gasteiger partial charge in [0.1, 0.15) is 0 Å². The summed E-state index contributed by atoms with van der Waals surface area (Å²) < 4.78 is 0. The molecule has 2 atom stereocenters. The molecule has 2 unspecified atom stereocenters. The number of aryl methyl sites for hydroxylation is 4. The summed E-state index contributed by atoms with van der Waals surface area (Å²) in [5.74, 6) is 1.48. The number of hydrogen-bond donors (Lipinski definition) is 0. The second-order valence-corrected chi connectivity index (χ2v) is 14.3. The predicted octanol–water partition coefficient (Wildman–Crippen LogP) is 15.2. The fourth-order valence-corrected chi connectivity index (χ4v) is 7.69. The first-order chi connectivity index (χ1) is 19.9. The fraction of sp³-hybridized carbons (Fsp3) is 0.489. The van der Waals surface area contributed by atoms with E-state index in [0.717, 1.165) is 11.8 Å². The maximum absolute atomic E-state index is 2.48. The smallest absolute Gasteiger partial charge is 0.0220 e. The Hall–Kier alpha value is -3.12. The van der Waals surface area contributed by atoms with Crippen LogP contribution in [0.25, 0.3) is 22.3 Å². The Morgan fingerprint density at radius 3 is 0.979 bits per heavy atom. The van der Waals surface area contributed by atoms with E-state index in [1.54, 1.807) is 11.1 Å². The predicted molar refractivity (Wildman–Crippen MR) is 217 cm³/mol. The molecule has 0 saturated carbocycles. The Balaban J connectivity index is 0.000000856. The van der Waals surface area contributed by atoms with E-state index in [0.29, 0.717) is 0 Å². The molecule has 0 aliphatic heterocycles. The molecule has 0 heteroatoms. The molecule has 0 radical (unpaired) electrons. The van der Waals surface area contributed by atoms with Crippen LogP contribution in [-0.2, 0) is 10.8 Å². The van der Waals surface area contributed by atoms with Crippen LogP contribution in [-0.4, -0.2) is 0 Å². The molecule has 0 heterocycles. The quantitative estimate of drug-likeness (QED) is 0.197. The van der Waals surface area contributed by atoms with Gasteiger partial charge in [0, 0.05) is 10.8 Å². The van der Waals surface area contributed by atoms with Crippen molar-refractivity contribution in [1.82, 2.24) is 0 Å². The number of benzene rings is 4. The first kappa shape index (κ1) is 43.9. The van der Waals surface area contributed by atoms with Crippen LogP contribution in [0.15, 0.2) is 72.8 Å². The van der Waals surface area contributed by atoms with Crippen molar-refractivity contribution in [3.05, 3.63) is 117 Å². The number of hydrogen-bond acceptors (Lipinski definition) is 0. The highest BCUT2D eigenvalue weighted by Gasteiger charge is 2.44. The lowest BCUT2D eigenvalue weighted by Crippen LogP contribution is -2.30. The molecule has 0 spiro atoms. The van der Waals surface area contributed by atoms with Crippen molar-refractivity contribution in [3.8, 4) is 22.3 Å². The van der Waals surface area contributed by atoms with Crippen molar-refractivity contribution in [1.29, 1.82) is 0 Å². The lowest BCUT2D eigenvalue weighted by molar-refractivity contribution is 0.308. The second kappa shape index (κ2) is 16.8. The molecule has 0 amide bonds. The second-order valence-electron chi connectivity index (χ2n) is 14.3. The maximum Gasteiger partial charge on any atom is 0.0220 e. The van der Waals surface area contributed by atoms with Gasteiger partial charge in [0.2, 0.25) is 0 Å². The van der Waals surface area contributed by atoms with Gasteiger partial charge in [-0.1, -0.05) is 187 Å². The van der Waals surface area contributed by atoms with E-state index in [1.165, 1.54) is 81.3 Å².